The third kappa shape index (κ3) is 3.92. The van der Waals surface area contributed by atoms with E-state index < -0.39 is 18.4 Å². The molecule has 0 aliphatic heterocycles. The standard InChI is InChI=1S/C9H9ClF4N2/c1-5-7(11)8(10)16-6(15-5)3-2-4-9(12,13)14/h2-4H2,1H3. The molecular formula is C9H9ClF4N2. The number of hydrogen-bond acceptors (Lipinski definition) is 2. The summed E-state index contributed by atoms with van der Waals surface area (Å²) in [5, 5.41) is -0.352. The Morgan fingerprint density at radius 2 is 1.88 bits per heavy atom. The highest BCUT2D eigenvalue weighted by Crippen LogP contribution is 2.22. The lowest BCUT2D eigenvalue weighted by Gasteiger charge is -2.06. The molecule has 1 aromatic rings. The molecule has 90 valence electrons. The van der Waals surface area contributed by atoms with Gasteiger partial charge in [-0.15, -0.1) is 0 Å². The summed E-state index contributed by atoms with van der Waals surface area (Å²) in [5.41, 5.74) is 0.0435. The average Bonchev–Trinajstić information content (AvgIpc) is 2.12. The van der Waals surface area contributed by atoms with E-state index in [0.29, 0.717) is 0 Å². The maximum absolute atomic E-state index is 13.0. The molecule has 0 fully saturated rings. The number of alkyl halides is 3. The van der Waals surface area contributed by atoms with E-state index in [4.69, 9.17) is 11.6 Å². The van der Waals surface area contributed by atoms with Crippen molar-refractivity contribution in [3.05, 3.63) is 22.5 Å². The summed E-state index contributed by atoms with van der Waals surface area (Å²) in [4.78, 5) is 7.28. The Bertz CT molecular complexity index is 355. The molecule has 0 aliphatic rings. The van der Waals surface area contributed by atoms with Gasteiger partial charge < -0.3 is 0 Å². The van der Waals surface area contributed by atoms with Gasteiger partial charge in [-0.3, -0.25) is 0 Å². The van der Waals surface area contributed by atoms with Crippen LogP contribution in [0.15, 0.2) is 0 Å². The summed E-state index contributed by atoms with van der Waals surface area (Å²) < 4.78 is 48.5. The van der Waals surface area contributed by atoms with Gasteiger partial charge in [-0.2, -0.15) is 13.2 Å². The monoisotopic (exact) mass is 256 g/mol. The molecule has 0 aliphatic carbocycles. The van der Waals surface area contributed by atoms with Crippen LogP contribution in [0.3, 0.4) is 0 Å². The van der Waals surface area contributed by atoms with E-state index in [2.05, 4.69) is 9.97 Å². The van der Waals surface area contributed by atoms with Crippen LogP contribution in [0.25, 0.3) is 0 Å². The highest BCUT2D eigenvalue weighted by atomic mass is 35.5. The van der Waals surface area contributed by atoms with Crippen molar-refractivity contribution in [1.29, 1.82) is 0 Å². The number of aromatic nitrogens is 2. The van der Waals surface area contributed by atoms with Gasteiger partial charge in [0.05, 0.1) is 5.69 Å². The lowest BCUT2D eigenvalue weighted by Crippen LogP contribution is -2.08. The summed E-state index contributed by atoms with van der Waals surface area (Å²) in [6.45, 7) is 1.39. The molecule has 0 bridgehead atoms. The van der Waals surface area contributed by atoms with Gasteiger partial charge in [-0.05, 0) is 13.3 Å². The number of hydrogen-bond donors (Lipinski definition) is 0. The fraction of sp³-hybridized carbons (Fsp3) is 0.556. The van der Waals surface area contributed by atoms with Crippen LogP contribution in [0, 0.1) is 12.7 Å². The summed E-state index contributed by atoms with van der Waals surface area (Å²) in [6, 6.07) is 0. The zero-order valence-electron chi connectivity index (χ0n) is 8.41. The lowest BCUT2D eigenvalue weighted by atomic mass is 10.2. The Balaban J connectivity index is 2.62. The first-order valence-electron chi connectivity index (χ1n) is 4.55. The first-order chi connectivity index (χ1) is 7.29. The smallest absolute Gasteiger partial charge is 0.235 e. The van der Waals surface area contributed by atoms with Gasteiger partial charge in [-0.1, -0.05) is 11.6 Å². The Kier molecular flexibility index (Phi) is 4.07. The van der Waals surface area contributed by atoms with Crippen LogP contribution in [-0.2, 0) is 6.42 Å². The van der Waals surface area contributed by atoms with Gasteiger partial charge in [0.1, 0.15) is 5.82 Å². The topological polar surface area (TPSA) is 25.8 Å². The Labute approximate surface area is 94.7 Å². The van der Waals surface area contributed by atoms with Gasteiger partial charge in [0.15, 0.2) is 11.0 Å². The molecular weight excluding hydrogens is 248 g/mol. The molecule has 0 atom stereocenters. The van der Waals surface area contributed by atoms with Gasteiger partial charge >= 0.3 is 6.18 Å². The Hall–Kier alpha value is -0.910. The summed E-state index contributed by atoms with van der Waals surface area (Å²) in [5.74, 6) is -0.602. The van der Waals surface area contributed by atoms with Crippen molar-refractivity contribution < 1.29 is 17.6 Å². The third-order valence-corrected chi connectivity index (χ3v) is 2.13. The molecule has 0 radical (unpaired) electrons. The van der Waals surface area contributed by atoms with Gasteiger partial charge in [0.25, 0.3) is 0 Å². The molecule has 1 rings (SSSR count). The van der Waals surface area contributed by atoms with E-state index >= 15 is 0 Å². The minimum Gasteiger partial charge on any atom is -0.235 e. The first kappa shape index (κ1) is 13.2. The largest absolute Gasteiger partial charge is 0.389 e. The van der Waals surface area contributed by atoms with Crippen molar-refractivity contribution in [2.75, 3.05) is 0 Å². The second-order valence-corrected chi connectivity index (χ2v) is 3.66. The minimum absolute atomic E-state index is 0.0281. The molecule has 0 aromatic carbocycles. The predicted molar refractivity (Wildman–Crippen MR) is 50.7 cm³/mol. The fourth-order valence-corrected chi connectivity index (χ4v) is 1.37. The SMILES string of the molecule is Cc1nc(CCCC(F)(F)F)nc(Cl)c1F. The van der Waals surface area contributed by atoms with E-state index in [-0.39, 0.29) is 29.5 Å². The maximum Gasteiger partial charge on any atom is 0.389 e. The van der Waals surface area contributed by atoms with Crippen LogP contribution in [0.2, 0.25) is 5.15 Å². The van der Waals surface area contributed by atoms with Crippen molar-refractivity contribution in [2.45, 2.75) is 32.4 Å². The molecule has 0 amide bonds. The van der Waals surface area contributed by atoms with Crippen LogP contribution < -0.4 is 0 Å². The highest BCUT2D eigenvalue weighted by Gasteiger charge is 2.26. The van der Waals surface area contributed by atoms with Crippen LogP contribution >= 0.6 is 11.6 Å². The molecule has 7 heteroatoms. The molecule has 1 aromatic heterocycles. The number of nitrogens with zero attached hydrogens (tertiary/aromatic N) is 2. The van der Waals surface area contributed by atoms with Gasteiger partial charge in [-0.25, -0.2) is 14.4 Å². The lowest BCUT2D eigenvalue weighted by molar-refractivity contribution is -0.135. The zero-order chi connectivity index (χ0) is 12.3. The quantitative estimate of drug-likeness (QED) is 0.611. The molecule has 0 N–H and O–H groups in total. The number of rotatable bonds is 3. The van der Waals surface area contributed by atoms with E-state index in [0.717, 1.165) is 0 Å². The molecule has 16 heavy (non-hydrogen) atoms. The predicted octanol–water partition coefficient (Wildman–Crippen LogP) is 3.46. The molecule has 0 saturated heterocycles. The van der Waals surface area contributed by atoms with E-state index in [1.54, 1.807) is 0 Å². The number of aryl methyl sites for hydroxylation is 2. The summed E-state index contributed by atoms with van der Waals surface area (Å²) in [6.07, 6.45) is -5.21. The van der Waals surface area contributed by atoms with Crippen molar-refractivity contribution in [1.82, 2.24) is 9.97 Å². The molecule has 0 saturated carbocycles. The minimum atomic E-state index is -4.20. The van der Waals surface area contributed by atoms with Crippen LogP contribution in [0.4, 0.5) is 17.6 Å². The van der Waals surface area contributed by atoms with E-state index in [1.807, 2.05) is 0 Å². The number of halogens is 5. The molecule has 0 spiro atoms. The highest BCUT2D eigenvalue weighted by molar-refractivity contribution is 6.29. The van der Waals surface area contributed by atoms with Gasteiger partial charge in [0.2, 0.25) is 0 Å². The first-order valence-corrected chi connectivity index (χ1v) is 4.92. The van der Waals surface area contributed by atoms with E-state index in [1.165, 1.54) is 6.92 Å². The van der Waals surface area contributed by atoms with Crippen molar-refractivity contribution in [3.63, 3.8) is 0 Å². The van der Waals surface area contributed by atoms with E-state index in [9.17, 15) is 17.6 Å². The van der Waals surface area contributed by atoms with Crippen molar-refractivity contribution in [3.8, 4) is 0 Å². The second kappa shape index (κ2) is 4.95. The van der Waals surface area contributed by atoms with Crippen molar-refractivity contribution >= 4 is 11.6 Å². The Morgan fingerprint density at radius 3 is 2.38 bits per heavy atom. The van der Waals surface area contributed by atoms with Crippen molar-refractivity contribution in [2.24, 2.45) is 0 Å². The Morgan fingerprint density at radius 1 is 1.25 bits per heavy atom. The average molecular weight is 257 g/mol. The normalized spacial score (nSPS) is 11.9. The maximum atomic E-state index is 13.0. The third-order valence-electron chi connectivity index (χ3n) is 1.88. The van der Waals surface area contributed by atoms with Gasteiger partial charge in [0, 0.05) is 12.8 Å². The fourth-order valence-electron chi connectivity index (χ4n) is 1.14. The van der Waals surface area contributed by atoms with Crippen LogP contribution in [0.5, 0.6) is 0 Å². The van der Waals surface area contributed by atoms with Crippen LogP contribution in [0.1, 0.15) is 24.4 Å². The summed E-state index contributed by atoms with van der Waals surface area (Å²) in [7, 11) is 0. The molecule has 2 nitrogen and oxygen atoms in total. The zero-order valence-corrected chi connectivity index (χ0v) is 9.16. The summed E-state index contributed by atoms with van der Waals surface area (Å²) >= 11 is 5.44. The second-order valence-electron chi connectivity index (χ2n) is 3.30. The molecule has 0 unspecified atom stereocenters. The van der Waals surface area contributed by atoms with Crippen LogP contribution in [-0.4, -0.2) is 16.1 Å². The molecule has 1 heterocycles.